The van der Waals surface area contributed by atoms with Crippen molar-refractivity contribution in [3.8, 4) is 5.75 Å². The predicted octanol–water partition coefficient (Wildman–Crippen LogP) is 3.30. The molecule has 144 valence electrons. The molecule has 1 aliphatic rings. The van der Waals surface area contributed by atoms with Crippen molar-refractivity contribution in [1.29, 1.82) is 0 Å². The van der Waals surface area contributed by atoms with Gasteiger partial charge in [0.15, 0.2) is 0 Å². The molecular formula is C19H21BrFN3O3. The molecule has 0 unspecified atom stereocenters. The number of anilines is 1. The molecule has 1 amide bonds. The van der Waals surface area contributed by atoms with Gasteiger partial charge in [-0.25, -0.2) is 9.37 Å². The number of nitrogens with zero attached hydrogens (tertiary/aromatic N) is 1. The zero-order valence-corrected chi connectivity index (χ0v) is 16.6. The summed E-state index contributed by atoms with van der Waals surface area (Å²) >= 11 is 3.42. The summed E-state index contributed by atoms with van der Waals surface area (Å²) in [4.78, 5) is 16.6. The van der Waals surface area contributed by atoms with Gasteiger partial charge in [0, 0.05) is 50.6 Å². The Bertz CT molecular complexity index is 832. The number of carbonyl (C=O) groups is 1. The van der Waals surface area contributed by atoms with Crippen LogP contribution in [0.15, 0.2) is 28.9 Å². The predicted molar refractivity (Wildman–Crippen MR) is 104 cm³/mol. The zero-order chi connectivity index (χ0) is 19.2. The van der Waals surface area contributed by atoms with Crippen molar-refractivity contribution in [2.45, 2.75) is 19.4 Å². The van der Waals surface area contributed by atoms with Gasteiger partial charge in [-0.15, -0.1) is 0 Å². The van der Waals surface area contributed by atoms with Crippen molar-refractivity contribution in [1.82, 2.24) is 10.3 Å². The third-order valence-corrected chi connectivity index (χ3v) is 4.83. The first-order chi connectivity index (χ1) is 13.1. The molecule has 27 heavy (non-hydrogen) atoms. The number of fused-ring (bicyclic) bond motifs is 1. The Labute approximate surface area is 165 Å². The van der Waals surface area contributed by atoms with Crippen molar-refractivity contribution < 1.29 is 18.7 Å². The number of aromatic nitrogens is 1. The molecule has 0 atom stereocenters. The SMILES string of the molecule is COCCCNC(=O)c1cccc(CNc2ncc(Br)c3c2CCO3)c1F. The van der Waals surface area contributed by atoms with Gasteiger partial charge in [0.2, 0.25) is 0 Å². The van der Waals surface area contributed by atoms with E-state index in [0.29, 0.717) is 37.6 Å². The average Bonchev–Trinajstić information content (AvgIpc) is 3.16. The summed E-state index contributed by atoms with van der Waals surface area (Å²) in [6.45, 7) is 1.80. The molecule has 0 aliphatic carbocycles. The molecule has 8 heteroatoms. The van der Waals surface area contributed by atoms with Crippen LogP contribution in [0.25, 0.3) is 0 Å². The van der Waals surface area contributed by atoms with Crippen LogP contribution in [0.2, 0.25) is 0 Å². The van der Waals surface area contributed by atoms with Crippen LogP contribution in [0, 0.1) is 5.82 Å². The third kappa shape index (κ3) is 4.56. The summed E-state index contributed by atoms with van der Waals surface area (Å²) in [6, 6.07) is 4.81. The van der Waals surface area contributed by atoms with E-state index in [1.807, 2.05) is 0 Å². The first-order valence-corrected chi connectivity index (χ1v) is 9.49. The largest absolute Gasteiger partial charge is 0.492 e. The second kappa shape index (κ2) is 9.14. The van der Waals surface area contributed by atoms with Crippen LogP contribution >= 0.6 is 15.9 Å². The van der Waals surface area contributed by atoms with Crippen LogP contribution < -0.4 is 15.4 Å². The summed E-state index contributed by atoms with van der Waals surface area (Å²) in [6.07, 6.45) is 3.08. The van der Waals surface area contributed by atoms with E-state index < -0.39 is 11.7 Å². The summed E-state index contributed by atoms with van der Waals surface area (Å²) in [7, 11) is 1.60. The number of rotatable bonds is 8. The number of nitrogens with one attached hydrogen (secondary N) is 2. The van der Waals surface area contributed by atoms with E-state index >= 15 is 0 Å². The Morgan fingerprint density at radius 1 is 1.44 bits per heavy atom. The van der Waals surface area contributed by atoms with Gasteiger partial charge in [0.1, 0.15) is 17.4 Å². The monoisotopic (exact) mass is 437 g/mol. The van der Waals surface area contributed by atoms with Gasteiger partial charge in [-0.05, 0) is 28.4 Å². The normalized spacial score (nSPS) is 12.4. The number of pyridine rings is 1. The highest BCUT2D eigenvalue weighted by atomic mass is 79.9. The molecule has 1 aliphatic heterocycles. The average molecular weight is 438 g/mol. The lowest BCUT2D eigenvalue weighted by atomic mass is 10.1. The van der Waals surface area contributed by atoms with E-state index in [9.17, 15) is 9.18 Å². The molecule has 2 heterocycles. The number of ether oxygens (including phenoxy) is 2. The fourth-order valence-corrected chi connectivity index (χ4v) is 3.35. The van der Waals surface area contributed by atoms with Crippen molar-refractivity contribution in [2.75, 3.05) is 32.2 Å². The highest BCUT2D eigenvalue weighted by molar-refractivity contribution is 9.10. The number of hydrogen-bond donors (Lipinski definition) is 2. The van der Waals surface area contributed by atoms with E-state index in [1.54, 1.807) is 25.4 Å². The fraction of sp³-hybridized carbons (Fsp3) is 0.368. The van der Waals surface area contributed by atoms with Crippen LogP contribution in [-0.2, 0) is 17.7 Å². The molecule has 3 rings (SSSR count). The molecule has 0 radical (unpaired) electrons. The second-order valence-corrected chi connectivity index (χ2v) is 6.95. The number of amides is 1. The van der Waals surface area contributed by atoms with Crippen molar-refractivity contribution in [3.05, 3.63) is 51.4 Å². The van der Waals surface area contributed by atoms with E-state index in [4.69, 9.17) is 9.47 Å². The molecule has 2 N–H and O–H groups in total. The minimum absolute atomic E-state index is 0.0315. The van der Waals surface area contributed by atoms with Gasteiger partial charge >= 0.3 is 0 Å². The number of hydrogen-bond acceptors (Lipinski definition) is 5. The maximum Gasteiger partial charge on any atom is 0.254 e. The second-order valence-electron chi connectivity index (χ2n) is 6.10. The van der Waals surface area contributed by atoms with E-state index in [2.05, 4.69) is 31.5 Å². The zero-order valence-electron chi connectivity index (χ0n) is 15.0. The van der Waals surface area contributed by atoms with Gasteiger partial charge in [-0.3, -0.25) is 4.79 Å². The molecule has 0 spiro atoms. The lowest BCUT2D eigenvalue weighted by Gasteiger charge is -2.12. The smallest absolute Gasteiger partial charge is 0.254 e. The molecule has 2 aromatic rings. The van der Waals surface area contributed by atoms with E-state index in [0.717, 1.165) is 22.2 Å². The lowest BCUT2D eigenvalue weighted by molar-refractivity contribution is 0.0944. The highest BCUT2D eigenvalue weighted by Crippen LogP contribution is 2.37. The van der Waals surface area contributed by atoms with Crippen molar-refractivity contribution in [3.63, 3.8) is 0 Å². The molecule has 0 fully saturated rings. The number of benzene rings is 1. The molecule has 0 saturated heterocycles. The molecule has 0 saturated carbocycles. The molecule has 0 bridgehead atoms. The lowest BCUT2D eigenvalue weighted by Crippen LogP contribution is -2.26. The highest BCUT2D eigenvalue weighted by Gasteiger charge is 2.21. The first kappa shape index (κ1) is 19.6. The van der Waals surface area contributed by atoms with Crippen LogP contribution in [0.3, 0.4) is 0 Å². The van der Waals surface area contributed by atoms with Gasteiger partial charge in [0.05, 0.1) is 16.6 Å². The number of carbonyl (C=O) groups excluding carboxylic acids is 1. The fourth-order valence-electron chi connectivity index (χ4n) is 2.89. The summed E-state index contributed by atoms with van der Waals surface area (Å²) in [5.74, 6) is 0.484. The number of halogens is 2. The minimum Gasteiger partial charge on any atom is -0.492 e. The van der Waals surface area contributed by atoms with Crippen LogP contribution in [0.5, 0.6) is 5.75 Å². The Hall–Kier alpha value is -2.19. The first-order valence-electron chi connectivity index (χ1n) is 8.70. The quantitative estimate of drug-likeness (QED) is 0.619. The van der Waals surface area contributed by atoms with Gasteiger partial charge in [-0.1, -0.05) is 12.1 Å². The Morgan fingerprint density at radius 3 is 3.11 bits per heavy atom. The maximum absolute atomic E-state index is 14.8. The molecule has 6 nitrogen and oxygen atoms in total. The Morgan fingerprint density at radius 2 is 2.30 bits per heavy atom. The third-order valence-electron chi connectivity index (χ3n) is 4.26. The van der Waals surface area contributed by atoms with Gasteiger partial charge in [-0.2, -0.15) is 0 Å². The maximum atomic E-state index is 14.8. The summed E-state index contributed by atoms with van der Waals surface area (Å²) in [5, 5.41) is 5.86. The Balaban J connectivity index is 1.68. The summed E-state index contributed by atoms with van der Waals surface area (Å²) in [5.41, 5.74) is 1.40. The van der Waals surface area contributed by atoms with Crippen LogP contribution in [0.4, 0.5) is 10.2 Å². The number of methoxy groups -OCH3 is 1. The summed E-state index contributed by atoms with van der Waals surface area (Å²) < 4.78 is 26.1. The van der Waals surface area contributed by atoms with Crippen molar-refractivity contribution >= 4 is 27.7 Å². The molecule has 1 aromatic carbocycles. The van der Waals surface area contributed by atoms with Gasteiger partial charge < -0.3 is 20.1 Å². The molecular weight excluding hydrogens is 417 g/mol. The van der Waals surface area contributed by atoms with Gasteiger partial charge in [0.25, 0.3) is 5.91 Å². The standard InChI is InChI=1S/C19H21BrFN3O3/c1-26-8-3-7-22-19(25)13-5-2-4-12(16(13)21)10-23-18-14-6-9-27-17(14)15(20)11-24-18/h2,4-5,11H,3,6-10H2,1H3,(H,22,25)(H,23,24). The van der Waals surface area contributed by atoms with E-state index in [1.165, 1.54) is 6.07 Å². The van der Waals surface area contributed by atoms with Crippen LogP contribution in [0.1, 0.15) is 27.9 Å². The van der Waals surface area contributed by atoms with E-state index in [-0.39, 0.29) is 12.1 Å². The van der Waals surface area contributed by atoms with Crippen LogP contribution in [-0.4, -0.2) is 37.8 Å². The van der Waals surface area contributed by atoms with Crippen molar-refractivity contribution in [2.24, 2.45) is 0 Å². The molecule has 1 aromatic heterocycles. The topological polar surface area (TPSA) is 72.5 Å². The Kier molecular flexibility index (Phi) is 6.63. The minimum atomic E-state index is -0.528.